The highest BCUT2D eigenvalue weighted by molar-refractivity contribution is 5.99. The number of rotatable bonds is 2. The van der Waals surface area contributed by atoms with Crippen molar-refractivity contribution in [2.24, 2.45) is 0 Å². The first-order chi connectivity index (χ1) is 7.69. The molecule has 0 bridgehead atoms. The smallest absolute Gasteiger partial charge is 0.336 e. The monoisotopic (exact) mass is 215 g/mol. The minimum absolute atomic E-state index is 0.308. The van der Waals surface area contributed by atoms with Crippen LogP contribution in [0.4, 0.5) is 5.69 Å². The Labute approximate surface area is 91.2 Å². The molecule has 0 aliphatic heterocycles. The van der Waals surface area contributed by atoms with E-state index in [4.69, 9.17) is 4.42 Å². The molecule has 80 valence electrons. The molecule has 0 aliphatic rings. The maximum atomic E-state index is 11.1. The van der Waals surface area contributed by atoms with E-state index < -0.39 is 5.63 Å². The fraction of sp³-hybridized carbons (Fsp3) is 0. The number of anilines is 1. The largest absolute Gasteiger partial charge is 0.423 e. The van der Waals surface area contributed by atoms with Crippen molar-refractivity contribution >= 4 is 22.6 Å². The lowest BCUT2D eigenvalue weighted by Crippen LogP contribution is -2.07. The number of amides is 1. The van der Waals surface area contributed by atoms with Crippen LogP contribution in [0.5, 0.6) is 0 Å². The van der Waals surface area contributed by atoms with E-state index in [1.807, 2.05) is 0 Å². The van der Waals surface area contributed by atoms with Gasteiger partial charge in [-0.15, -0.1) is 0 Å². The number of fused-ring (bicyclic) bond motifs is 1. The molecule has 1 aromatic carbocycles. The predicted molar refractivity (Wildman–Crippen MR) is 61.3 cm³/mol. The second-order valence-electron chi connectivity index (χ2n) is 3.20. The molecule has 0 spiro atoms. The first-order valence-corrected chi connectivity index (χ1v) is 4.66. The minimum atomic E-state index is -0.417. The van der Waals surface area contributed by atoms with Gasteiger partial charge in [0, 0.05) is 23.2 Å². The lowest BCUT2D eigenvalue weighted by Gasteiger charge is -2.02. The van der Waals surface area contributed by atoms with Crippen LogP contribution in [0.15, 0.2) is 52.2 Å². The summed E-state index contributed by atoms with van der Waals surface area (Å²) in [6, 6.07) is 8.10. The first-order valence-electron chi connectivity index (χ1n) is 4.66. The van der Waals surface area contributed by atoms with Gasteiger partial charge in [0.2, 0.25) is 5.91 Å². The molecule has 0 saturated heterocycles. The Morgan fingerprint density at radius 2 is 2.06 bits per heavy atom. The third kappa shape index (κ3) is 2.00. The Morgan fingerprint density at radius 3 is 2.81 bits per heavy atom. The van der Waals surface area contributed by atoms with E-state index in [-0.39, 0.29) is 5.91 Å². The number of hydrogen-bond acceptors (Lipinski definition) is 3. The van der Waals surface area contributed by atoms with E-state index in [0.29, 0.717) is 11.3 Å². The molecule has 0 fully saturated rings. The van der Waals surface area contributed by atoms with Crippen LogP contribution < -0.4 is 10.9 Å². The number of hydrogen-bond donors (Lipinski definition) is 1. The zero-order chi connectivity index (χ0) is 11.5. The standard InChI is InChI=1S/C12H9NO3/c1-2-11(14)13-9-5-3-8-4-6-12(15)16-10(8)7-9/h2-7H,1H2,(H,13,14). The molecule has 0 unspecified atom stereocenters. The van der Waals surface area contributed by atoms with Gasteiger partial charge in [0.15, 0.2) is 0 Å². The van der Waals surface area contributed by atoms with Crippen LogP contribution in [0, 0.1) is 0 Å². The normalized spacial score (nSPS) is 10.0. The highest BCUT2D eigenvalue weighted by Gasteiger charge is 2.01. The van der Waals surface area contributed by atoms with Crippen molar-refractivity contribution < 1.29 is 9.21 Å². The average molecular weight is 215 g/mol. The van der Waals surface area contributed by atoms with Crippen LogP contribution in [0.1, 0.15) is 0 Å². The van der Waals surface area contributed by atoms with E-state index in [2.05, 4.69) is 11.9 Å². The summed E-state index contributed by atoms with van der Waals surface area (Å²) in [7, 11) is 0. The SMILES string of the molecule is C=CC(=O)Nc1ccc2ccc(=O)oc2c1. The zero-order valence-corrected chi connectivity index (χ0v) is 8.40. The highest BCUT2D eigenvalue weighted by Crippen LogP contribution is 2.17. The van der Waals surface area contributed by atoms with Crippen LogP contribution in [0.3, 0.4) is 0 Å². The van der Waals surface area contributed by atoms with Crippen LogP contribution in [-0.2, 0) is 4.79 Å². The van der Waals surface area contributed by atoms with Crippen molar-refractivity contribution in [2.45, 2.75) is 0 Å². The molecule has 4 heteroatoms. The van der Waals surface area contributed by atoms with Crippen molar-refractivity contribution in [1.29, 1.82) is 0 Å². The van der Waals surface area contributed by atoms with Crippen molar-refractivity contribution in [2.75, 3.05) is 5.32 Å². The Morgan fingerprint density at radius 1 is 1.31 bits per heavy atom. The first kappa shape index (κ1) is 10.2. The maximum absolute atomic E-state index is 11.1. The molecule has 1 amide bonds. The van der Waals surface area contributed by atoms with Crippen LogP contribution in [-0.4, -0.2) is 5.91 Å². The molecule has 16 heavy (non-hydrogen) atoms. The van der Waals surface area contributed by atoms with Gasteiger partial charge in [0.25, 0.3) is 0 Å². The molecule has 0 atom stereocenters. The lowest BCUT2D eigenvalue weighted by atomic mass is 10.2. The van der Waals surface area contributed by atoms with Gasteiger partial charge >= 0.3 is 5.63 Å². The minimum Gasteiger partial charge on any atom is -0.423 e. The Bertz CT molecular complexity index is 613. The van der Waals surface area contributed by atoms with Gasteiger partial charge in [0.1, 0.15) is 5.58 Å². The van der Waals surface area contributed by atoms with Crippen molar-refractivity contribution in [1.82, 2.24) is 0 Å². The fourth-order valence-electron chi connectivity index (χ4n) is 1.33. The summed E-state index contributed by atoms with van der Waals surface area (Å²) in [5, 5.41) is 3.39. The number of nitrogens with one attached hydrogen (secondary N) is 1. The number of carbonyl (C=O) groups excluding carboxylic acids is 1. The summed E-state index contributed by atoms with van der Waals surface area (Å²) in [4.78, 5) is 22.1. The van der Waals surface area contributed by atoms with E-state index in [1.54, 1.807) is 24.3 Å². The van der Waals surface area contributed by atoms with Gasteiger partial charge in [-0.25, -0.2) is 4.79 Å². The van der Waals surface area contributed by atoms with Gasteiger partial charge in [-0.3, -0.25) is 4.79 Å². The lowest BCUT2D eigenvalue weighted by molar-refractivity contribution is -0.111. The third-order valence-electron chi connectivity index (χ3n) is 2.08. The topological polar surface area (TPSA) is 59.3 Å². The van der Waals surface area contributed by atoms with E-state index >= 15 is 0 Å². The van der Waals surface area contributed by atoms with Crippen molar-refractivity contribution in [3.63, 3.8) is 0 Å². The van der Waals surface area contributed by atoms with Gasteiger partial charge in [-0.1, -0.05) is 6.58 Å². The van der Waals surface area contributed by atoms with Crippen molar-refractivity contribution in [3.05, 3.63) is 53.4 Å². The predicted octanol–water partition coefficient (Wildman–Crippen LogP) is 1.92. The molecule has 0 aliphatic carbocycles. The van der Waals surface area contributed by atoms with Gasteiger partial charge in [-0.05, 0) is 24.3 Å². The second kappa shape index (κ2) is 4.02. The number of carbonyl (C=O) groups is 1. The molecular weight excluding hydrogens is 206 g/mol. The van der Waals surface area contributed by atoms with Gasteiger partial charge in [0.05, 0.1) is 0 Å². The molecule has 1 aromatic heterocycles. The summed E-state index contributed by atoms with van der Waals surface area (Å²) in [6.45, 7) is 3.35. The highest BCUT2D eigenvalue weighted by atomic mass is 16.4. The van der Waals surface area contributed by atoms with E-state index in [9.17, 15) is 9.59 Å². The summed E-state index contributed by atoms with van der Waals surface area (Å²) in [6.07, 6.45) is 1.17. The van der Waals surface area contributed by atoms with Crippen LogP contribution in [0.2, 0.25) is 0 Å². The summed E-state index contributed by atoms with van der Waals surface area (Å²) in [5.74, 6) is -0.308. The van der Waals surface area contributed by atoms with Crippen LogP contribution in [0.25, 0.3) is 11.0 Å². The molecule has 2 rings (SSSR count). The summed E-state index contributed by atoms with van der Waals surface area (Å²) >= 11 is 0. The number of benzene rings is 1. The molecule has 4 nitrogen and oxygen atoms in total. The average Bonchev–Trinajstić information content (AvgIpc) is 2.28. The molecular formula is C12H9NO3. The molecule has 1 heterocycles. The molecule has 1 N–H and O–H groups in total. The zero-order valence-electron chi connectivity index (χ0n) is 8.40. The van der Waals surface area contributed by atoms with Gasteiger partial charge < -0.3 is 9.73 Å². The Balaban J connectivity index is 2.46. The Kier molecular flexibility index (Phi) is 2.55. The molecule has 0 radical (unpaired) electrons. The molecule has 2 aromatic rings. The fourth-order valence-corrected chi connectivity index (χ4v) is 1.33. The quantitative estimate of drug-likeness (QED) is 0.615. The molecule has 0 saturated carbocycles. The van der Waals surface area contributed by atoms with Crippen LogP contribution >= 0.6 is 0 Å². The summed E-state index contributed by atoms with van der Waals surface area (Å²) < 4.78 is 4.98. The van der Waals surface area contributed by atoms with Gasteiger partial charge in [-0.2, -0.15) is 0 Å². The van der Waals surface area contributed by atoms with Crippen molar-refractivity contribution in [3.8, 4) is 0 Å². The maximum Gasteiger partial charge on any atom is 0.336 e. The second-order valence-corrected chi connectivity index (χ2v) is 3.20. The third-order valence-corrected chi connectivity index (χ3v) is 2.08. The van der Waals surface area contributed by atoms with E-state index in [0.717, 1.165) is 5.39 Å². The Hall–Kier alpha value is -2.36. The summed E-state index contributed by atoms with van der Waals surface area (Å²) in [5.41, 5.74) is 0.584. The van der Waals surface area contributed by atoms with E-state index in [1.165, 1.54) is 12.1 Å².